The predicted molar refractivity (Wildman–Crippen MR) is 93.2 cm³/mol. The quantitative estimate of drug-likeness (QED) is 0.758. The number of aryl methyl sites for hydroxylation is 1. The number of carbonyl (C=O) groups is 1. The first kappa shape index (κ1) is 16.1. The number of aromatic nitrogens is 1. The van der Waals surface area contributed by atoms with Crippen LogP contribution in [-0.2, 0) is 7.05 Å². The van der Waals surface area contributed by atoms with E-state index in [1.807, 2.05) is 42.1 Å². The lowest BCUT2D eigenvalue weighted by molar-refractivity contribution is 0.0914. The average molecular weight is 324 g/mol. The highest BCUT2D eigenvalue weighted by molar-refractivity contribution is 5.97. The fourth-order valence-electron chi connectivity index (χ4n) is 2.87. The maximum atomic E-state index is 12.3. The molecule has 0 saturated heterocycles. The summed E-state index contributed by atoms with van der Waals surface area (Å²) in [6.07, 6.45) is 1.11. The first-order valence-electron chi connectivity index (χ1n) is 7.75. The fraction of sp³-hybridized carbons (Fsp3) is 0.211. The lowest BCUT2D eigenvalue weighted by atomic mass is 10.1. The first-order chi connectivity index (χ1) is 11.6. The van der Waals surface area contributed by atoms with Crippen molar-refractivity contribution in [3.8, 4) is 5.75 Å². The predicted octanol–water partition coefficient (Wildman–Crippen LogP) is 2.65. The molecule has 0 radical (unpaired) electrons. The van der Waals surface area contributed by atoms with E-state index in [1.54, 1.807) is 24.3 Å². The van der Waals surface area contributed by atoms with E-state index in [9.17, 15) is 9.90 Å². The molecular formula is C19H20N2O3. The zero-order chi connectivity index (χ0) is 17.1. The van der Waals surface area contributed by atoms with Crippen molar-refractivity contribution >= 4 is 16.8 Å². The average Bonchev–Trinajstić information content (AvgIpc) is 2.96. The molecule has 0 fully saturated rings. The Morgan fingerprint density at radius 2 is 1.92 bits per heavy atom. The summed E-state index contributed by atoms with van der Waals surface area (Å²) in [6, 6.07) is 14.9. The van der Waals surface area contributed by atoms with Crippen molar-refractivity contribution < 1.29 is 14.6 Å². The number of amides is 1. The summed E-state index contributed by atoms with van der Waals surface area (Å²) in [6.45, 7) is 0.130. The topological polar surface area (TPSA) is 63.5 Å². The molecule has 5 nitrogen and oxygen atoms in total. The van der Waals surface area contributed by atoms with Crippen LogP contribution in [0.5, 0.6) is 5.75 Å². The van der Waals surface area contributed by atoms with Crippen LogP contribution in [-0.4, -0.2) is 29.2 Å². The summed E-state index contributed by atoms with van der Waals surface area (Å²) in [7, 11) is 3.46. The SMILES string of the molecule is COc1ccccc1C(=O)NCC(O)c1cn(C)c2ccccc12. The Hall–Kier alpha value is -2.79. The van der Waals surface area contributed by atoms with Gasteiger partial charge in [-0.15, -0.1) is 0 Å². The van der Waals surface area contributed by atoms with E-state index in [1.165, 1.54) is 7.11 Å². The third-order valence-corrected chi connectivity index (χ3v) is 4.09. The van der Waals surface area contributed by atoms with Crippen molar-refractivity contribution in [3.63, 3.8) is 0 Å². The number of hydrogen-bond acceptors (Lipinski definition) is 3. The van der Waals surface area contributed by atoms with Gasteiger partial charge in [0.1, 0.15) is 5.75 Å². The Bertz CT molecular complexity index is 870. The van der Waals surface area contributed by atoms with Gasteiger partial charge in [0.2, 0.25) is 0 Å². The monoisotopic (exact) mass is 324 g/mol. The van der Waals surface area contributed by atoms with Crippen molar-refractivity contribution in [3.05, 3.63) is 65.9 Å². The molecule has 0 spiro atoms. The summed E-state index contributed by atoms with van der Waals surface area (Å²) in [5.41, 5.74) is 2.29. The molecule has 2 N–H and O–H groups in total. The van der Waals surface area contributed by atoms with E-state index in [4.69, 9.17) is 4.74 Å². The lowest BCUT2D eigenvalue weighted by Gasteiger charge is -2.13. The van der Waals surface area contributed by atoms with Crippen molar-refractivity contribution in [2.45, 2.75) is 6.10 Å². The second-order valence-corrected chi connectivity index (χ2v) is 5.64. The first-order valence-corrected chi connectivity index (χ1v) is 7.75. The van der Waals surface area contributed by atoms with E-state index in [0.29, 0.717) is 11.3 Å². The Kier molecular flexibility index (Phi) is 4.53. The highest BCUT2D eigenvalue weighted by Gasteiger charge is 2.17. The van der Waals surface area contributed by atoms with Crippen molar-refractivity contribution in [2.75, 3.05) is 13.7 Å². The normalized spacial score (nSPS) is 12.1. The van der Waals surface area contributed by atoms with Gasteiger partial charge in [-0.2, -0.15) is 0 Å². The Morgan fingerprint density at radius 1 is 1.21 bits per heavy atom. The molecule has 0 saturated carbocycles. The standard InChI is InChI=1S/C19H20N2O3/c1-21-12-15(13-7-3-5-9-16(13)21)17(22)11-20-19(23)14-8-4-6-10-18(14)24-2/h3-10,12,17,22H,11H2,1-2H3,(H,20,23). The number of aliphatic hydroxyl groups excluding tert-OH is 1. The van der Waals surface area contributed by atoms with Gasteiger partial charge in [0, 0.05) is 36.3 Å². The van der Waals surface area contributed by atoms with Crippen LogP contribution < -0.4 is 10.1 Å². The zero-order valence-corrected chi connectivity index (χ0v) is 13.7. The molecule has 0 bridgehead atoms. The summed E-state index contributed by atoms with van der Waals surface area (Å²) >= 11 is 0. The molecule has 5 heteroatoms. The van der Waals surface area contributed by atoms with Crippen LogP contribution in [0, 0.1) is 0 Å². The number of carbonyl (C=O) groups excluding carboxylic acids is 1. The van der Waals surface area contributed by atoms with Crippen LogP contribution in [0.4, 0.5) is 0 Å². The summed E-state index contributed by atoms with van der Waals surface area (Å²) in [5, 5.41) is 14.2. The molecule has 3 aromatic rings. The minimum Gasteiger partial charge on any atom is -0.496 e. The van der Waals surface area contributed by atoms with Crippen LogP contribution >= 0.6 is 0 Å². The summed E-state index contributed by atoms with van der Waals surface area (Å²) in [5.74, 6) is 0.237. The van der Waals surface area contributed by atoms with Gasteiger partial charge in [-0.3, -0.25) is 4.79 Å². The van der Waals surface area contributed by atoms with Crippen LogP contribution in [0.25, 0.3) is 10.9 Å². The Morgan fingerprint density at radius 3 is 2.71 bits per heavy atom. The van der Waals surface area contributed by atoms with E-state index in [-0.39, 0.29) is 12.5 Å². The maximum absolute atomic E-state index is 12.3. The van der Waals surface area contributed by atoms with Gasteiger partial charge in [0.25, 0.3) is 5.91 Å². The van der Waals surface area contributed by atoms with Crippen molar-refractivity contribution in [1.29, 1.82) is 0 Å². The molecule has 124 valence electrons. The summed E-state index contributed by atoms with van der Waals surface area (Å²) in [4.78, 5) is 12.3. The Balaban J connectivity index is 1.75. The number of fused-ring (bicyclic) bond motifs is 1. The Labute approximate surface area is 140 Å². The number of benzene rings is 2. The van der Waals surface area contributed by atoms with E-state index in [2.05, 4.69) is 5.32 Å². The number of nitrogens with one attached hydrogen (secondary N) is 1. The van der Waals surface area contributed by atoms with Gasteiger partial charge in [0.05, 0.1) is 18.8 Å². The number of aliphatic hydroxyl groups is 1. The molecule has 2 aromatic carbocycles. The fourth-order valence-corrected chi connectivity index (χ4v) is 2.87. The van der Waals surface area contributed by atoms with Gasteiger partial charge >= 0.3 is 0 Å². The molecule has 1 amide bonds. The lowest BCUT2D eigenvalue weighted by Crippen LogP contribution is -2.28. The largest absolute Gasteiger partial charge is 0.496 e. The molecule has 0 aliphatic carbocycles. The molecule has 1 unspecified atom stereocenters. The molecule has 0 aliphatic heterocycles. The second kappa shape index (κ2) is 6.76. The van der Waals surface area contributed by atoms with Crippen LogP contribution in [0.15, 0.2) is 54.7 Å². The second-order valence-electron chi connectivity index (χ2n) is 5.64. The number of methoxy groups -OCH3 is 1. The molecule has 1 atom stereocenters. The minimum atomic E-state index is -0.783. The van der Waals surface area contributed by atoms with Gasteiger partial charge < -0.3 is 19.7 Å². The highest BCUT2D eigenvalue weighted by Crippen LogP contribution is 2.25. The molecule has 1 aromatic heterocycles. The number of rotatable bonds is 5. The third kappa shape index (κ3) is 2.98. The van der Waals surface area contributed by atoms with E-state index < -0.39 is 6.10 Å². The van der Waals surface area contributed by atoms with Crippen molar-refractivity contribution in [2.24, 2.45) is 7.05 Å². The molecule has 3 rings (SSSR count). The van der Waals surface area contributed by atoms with E-state index in [0.717, 1.165) is 16.5 Å². The number of nitrogens with zero attached hydrogens (tertiary/aromatic N) is 1. The number of para-hydroxylation sites is 2. The zero-order valence-electron chi connectivity index (χ0n) is 13.7. The third-order valence-electron chi connectivity index (χ3n) is 4.09. The smallest absolute Gasteiger partial charge is 0.255 e. The van der Waals surface area contributed by atoms with Crippen LogP contribution in [0.3, 0.4) is 0 Å². The molecular weight excluding hydrogens is 304 g/mol. The van der Waals surface area contributed by atoms with Crippen LogP contribution in [0.2, 0.25) is 0 Å². The molecule has 0 aliphatic rings. The minimum absolute atomic E-state index is 0.130. The van der Waals surface area contributed by atoms with Gasteiger partial charge in [-0.25, -0.2) is 0 Å². The molecule has 24 heavy (non-hydrogen) atoms. The van der Waals surface area contributed by atoms with E-state index >= 15 is 0 Å². The van der Waals surface area contributed by atoms with Gasteiger partial charge in [0.15, 0.2) is 0 Å². The maximum Gasteiger partial charge on any atom is 0.255 e. The highest BCUT2D eigenvalue weighted by atomic mass is 16.5. The van der Waals surface area contributed by atoms with Crippen LogP contribution in [0.1, 0.15) is 22.0 Å². The number of ether oxygens (including phenoxy) is 1. The molecule has 1 heterocycles. The van der Waals surface area contributed by atoms with Crippen molar-refractivity contribution in [1.82, 2.24) is 9.88 Å². The van der Waals surface area contributed by atoms with Gasteiger partial charge in [-0.05, 0) is 18.2 Å². The van der Waals surface area contributed by atoms with Gasteiger partial charge in [-0.1, -0.05) is 30.3 Å². The summed E-state index contributed by atoms with van der Waals surface area (Å²) < 4.78 is 7.16. The number of hydrogen-bond donors (Lipinski definition) is 2.